The van der Waals surface area contributed by atoms with Crippen LogP contribution in [-0.2, 0) is 10.7 Å². The van der Waals surface area contributed by atoms with Crippen molar-refractivity contribution in [2.75, 3.05) is 0 Å². The summed E-state index contributed by atoms with van der Waals surface area (Å²) >= 11 is 0. The van der Waals surface area contributed by atoms with E-state index in [0.717, 1.165) is 6.08 Å². The molecule has 0 saturated heterocycles. The molecule has 0 aliphatic carbocycles. The molecule has 0 aliphatic rings. The second-order valence-corrected chi connectivity index (χ2v) is 4.17. The number of alkyl halides is 2. The Balaban J connectivity index is 3.01. The zero-order valence-electron chi connectivity index (χ0n) is 9.49. The van der Waals surface area contributed by atoms with Gasteiger partial charge in [0.2, 0.25) is 0 Å². The number of rotatable bonds is 5. The van der Waals surface area contributed by atoms with Crippen LogP contribution in [0.3, 0.4) is 0 Å². The number of hydrogen-bond donors (Lipinski definition) is 1. The second-order valence-electron chi connectivity index (χ2n) is 4.17. The lowest BCUT2D eigenvalue weighted by molar-refractivity contribution is -0.150. The molecule has 0 saturated carbocycles. The van der Waals surface area contributed by atoms with E-state index in [-0.39, 0.29) is 5.56 Å². The van der Waals surface area contributed by atoms with Gasteiger partial charge in [-0.05, 0) is 6.92 Å². The molecule has 0 fully saturated rings. The summed E-state index contributed by atoms with van der Waals surface area (Å²) in [6, 6.07) is 7.19. The topological polar surface area (TPSA) is 37.3 Å². The van der Waals surface area contributed by atoms with E-state index in [1.165, 1.54) is 31.2 Å². The van der Waals surface area contributed by atoms with E-state index >= 15 is 0 Å². The first-order valence-corrected chi connectivity index (χ1v) is 5.12. The highest BCUT2D eigenvalue weighted by molar-refractivity contribution is 5.76. The highest BCUT2D eigenvalue weighted by atomic mass is 19.3. The maximum atomic E-state index is 13.9. The molecule has 4 heteroatoms. The van der Waals surface area contributed by atoms with Gasteiger partial charge < -0.3 is 5.11 Å². The van der Waals surface area contributed by atoms with Crippen LogP contribution in [0.5, 0.6) is 0 Å². The number of halogens is 2. The fourth-order valence-electron chi connectivity index (χ4n) is 1.48. The molecule has 1 aromatic rings. The van der Waals surface area contributed by atoms with E-state index in [1.54, 1.807) is 6.07 Å². The first-order valence-electron chi connectivity index (χ1n) is 5.12. The van der Waals surface area contributed by atoms with Crippen LogP contribution in [0.25, 0.3) is 0 Å². The Labute approximate surface area is 98.6 Å². The molecule has 92 valence electrons. The molecule has 2 nitrogen and oxygen atoms in total. The predicted octanol–water partition coefficient (Wildman–Crippen LogP) is 3.45. The third kappa shape index (κ3) is 2.90. The Morgan fingerprint density at radius 1 is 1.41 bits per heavy atom. The largest absolute Gasteiger partial charge is 0.481 e. The zero-order valence-corrected chi connectivity index (χ0v) is 9.49. The van der Waals surface area contributed by atoms with Crippen molar-refractivity contribution in [1.82, 2.24) is 0 Å². The number of carboxylic acid groups (broad SMARTS) is 1. The molecule has 1 N–H and O–H groups in total. The van der Waals surface area contributed by atoms with Gasteiger partial charge in [-0.1, -0.05) is 36.4 Å². The molecule has 1 unspecified atom stereocenters. The van der Waals surface area contributed by atoms with Crippen LogP contribution in [0.15, 0.2) is 43.0 Å². The highest BCUT2D eigenvalue weighted by Gasteiger charge is 2.43. The summed E-state index contributed by atoms with van der Waals surface area (Å²) < 4.78 is 27.8. The van der Waals surface area contributed by atoms with Crippen LogP contribution in [0.2, 0.25) is 0 Å². The molecule has 1 atom stereocenters. The summed E-state index contributed by atoms with van der Waals surface area (Å²) in [7, 11) is 0. The number of hydrogen-bond acceptors (Lipinski definition) is 1. The third-order valence-corrected chi connectivity index (χ3v) is 2.72. The molecule has 0 bridgehead atoms. The van der Waals surface area contributed by atoms with E-state index in [2.05, 4.69) is 6.58 Å². The van der Waals surface area contributed by atoms with Gasteiger partial charge in [0.1, 0.15) is 0 Å². The van der Waals surface area contributed by atoms with Crippen LogP contribution in [-0.4, -0.2) is 11.1 Å². The fraction of sp³-hybridized carbons (Fsp3) is 0.308. The summed E-state index contributed by atoms with van der Waals surface area (Å²) in [5.74, 6) is -4.49. The molecule has 1 rings (SSSR count). The van der Waals surface area contributed by atoms with Gasteiger partial charge in [0.25, 0.3) is 5.92 Å². The summed E-state index contributed by atoms with van der Waals surface area (Å²) in [5.41, 5.74) is -1.83. The lowest BCUT2D eigenvalue weighted by atomic mass is 9.82. The number of aliphatic carboxylic acids is 1. The van der Waals surface area contributed by atoms with Crippen molar-refractivity contribution in [3.05, 3.63) is 48.6 Å². The van der Waals surface area contributed by atoms with Gasteiger partial charge in [-0.25, -0.2) is 8.78 Å². The average molecular weight is 240 g/mol. The Morgan fingerprint density at radius 2 is 1.94 bits per heavy atom. The molecule has 0 amide bonds. The van der Waals surface area contributed by atoms with E-state index in [9.17, 15) is 13.6 Å². The van der Waals surface area contributed by atoms with Crippen molar-refractivity contribution in [2.24, 2.45) is 5.41 Å². The number of carbonyl (C=O) groups is 1. The maximum Gasteiger partial charge on any atom is 0.313 e. The summed E-state index contributed by atoms with van der Waals surface area (Å²) in [6.07, 6.45) is 0.245. The smallest absolute Gasteiger partial charge is 0.313 e. The van der Waals surface area contributed by atoms with E-state index in [0.29, 0.717) is 0 Å². The van der Waals surface area contributed by atoms with Crippen molar-refractivity contribution >= 4 is 5.97 Å². The SMILES string of the molecule is C=CC(C)(CC(F)(F)c1ccccc1)C(=O)O. The van der Waals surface area contributed by atoms with Crippen molar-refractivity contribution in [3.63, 3.8) is 0 Å². The van der Waals surface area contributed by atoms with Gasteiger partial charge in [-0.15, -0.1) is 6.58 Å². The second kappa shape index (κ2) is 4.65. The molecule has 0 radical (unpaired) electrons. The van der Waals surface area contributed by atoms with Gasteiger partial charge in [-0.2, -0.15) is 0 Å². The van der Waals surface area contributed by atoms with Gasteiger partial charge in [0.05, 0.1) is 5.41 Å². The van der Waals surface area contributed by atoms with Crippen LogP contribution in [0.4, 0.5) is 8.78 Å². The summed E-state index contributed by atoms with van der Waals surface area (Å²) in [4.78, 5) is 11.0. The third-order valence-electron chi connectivity index (χ3n) is 2.72. The molecule has 0 heterocycles. The minimum Gasteiger partial charge on any atom is -0.481 e. The molecule has 17 heavy (non-hydrogen) atoms. The molecule has 0 aliphatic heterocycles. The van der Waals surface area contributed by atoms with Gasteiger partial charge in [0, 0.05) is 12.0 Å². The van der Waals surface area contributed by atoms with E-state index < -0.39 is 23.7 Å². The van der Waals surface area contributed by atoms with Crippen LogP contribution in [0, 0.1) is 5.41 Å². The Hall–Kier alpha value is -1.71. The van der Waals surface area contributed by atoms with Crippen molar-refractivity contribution < 1.29 is 18.7 Å². The monoisotopic (exact) mass is 240 g/mol. The minimum absolute atomic E-state index is 0.186. The lowest BCUT2D eigenvalue weighted by Gasteiger charge is -2.26. The molecule has 0 aromatic heterocycles. The van der Waals surface area contributed by atoms with E-state index in [4.69, 9.17) is 5.11 Å². The predicted molar refractivity (Wildman–Crippen MR) is 60.9 cm³/mol. The summed E-state index contributed by atoms with van der Waals surface area (Å²) in [5, 5.41) is 8.94. The first kappa shape index (κ1) is 13.4. The number of carboxylic acids is 1. The quantitative estimate of drug-likeness (QED) is 0.800. The highest BCUT2D eigenvalue weighted by Crippen LogP contribution is 2.40. The van der Waals surface area contributed by atoms with Gasteiger partial charge >= 0.3 is 5.97 Å². The normalized spacial score (nSPS) is 15.0. The standard InChI is InChI=1S/C13H14F2O2/c1-3-12(2,11(16)17)9-13(14,15)10-7-5-4-6-8-10/h3-8H,1,9H2,2H3,(H,16,17). The molecule has 0 spiro atoms. The molecular formula is C13H14F2O2. The van der Waals surface area contributed by atoms with Gasteiger partial charge in [0.15, 0.2) is 0 Å². The van der Waals surface area contributed by atoms with Crippen molar-refractivity contribution in [3.8, 4) is 0 Å². The lowest BCUT2D eigenvalue weighted by Crippen LogP contribution is -2.32. The van der Waals surface area contributed by atoms with E-state index in [1.807, 2.05) is 0 Å². The minimum atomic E-state index is -3.19. The van der Waals surface area contributed by atoms with Gasteiger partial charge in [-0.3, -0.25) is 4.79 Å². The average Bonchev–Trinajstić information content (AvgIpc) is 2.29. The molecular weight excluding hydrogens is 226 g/mol. The van der Waals surface area contributed by atoms with Crippen LogP contribution in [0.1, 0.15) is 18.9 Å². The van der Waals surface area contributed by atoms with Crippen molar-refractivity contribution in [1.29, 1.82) is 0 Å². The molecule has 1 aromatic carbocycles. The van der Waals surface area contributed by atoms with Crippen LogP contribution >= 0.6 is 0 Å². The Bertz CT molecular complexity index is 415. The number of benzene rings is 1. The first-order chi connectivity index (χ1) is 7.82. The van der Waals surface area contributed by atoms with Crippen LogP contribution < -0.4 is 0 Å². The summed E-state index contributed by atoms with van der Waals surface area (Å²) in [6.45, 7) is 4.55. The Morgan fingerprint density at radius 3 is 2.35 bits per heavy atom. The Kier molecular flexibility index (Phi) is 3.66. The zero-order chi connectivity index (χ0) is 13.1. The fourth-order valence-corrected chi connectivity index (χ4v) is 1.48. The van der Waals surface area contributed by atoms with Crippen molar-refractivity contribution in [2.45, 2.75) is 19.3 Å². The maximum absolute atomic E-state index is 13.9.